The summed E-state index contributed by atoms with van der Waals surface area (Å²) in [5.41, 5.74) is -0.0397. The fraction of sp³-hybridized carbons (Fsp3) is 1.00. The lowest BCUT2D eigenvalue weighted by Gasteiger charge is -2.35. The number of hydrogen-bond acceptors (Lipinski definition) is 3. The van der Waals surface area contributed by atoms with Crippen LogP contribution in [0.4, 0.5) is 0 Å². The van der Waals surface area contributed by atoms with E-state index in [9.17, 15) is 0 Å². The predicted octanol–water partition coefficient (Wildman–Crippen LogP) is 3.91. The number of hydrogen-bond donors (Lipinski definition) is 1. The average molecular weight is 285 g/mol. The van der Waals surface area contributed by atoms with Crippen LogP contribution in [0.1, 0.15) is 72.6 Å². The summed E-state index contributed by atoms with van der Waals surface area (Å²) in [7, 11) is 1.78. The molecule has 0 unspecified atom stereocenters. The van der Waals surface area contributed by atoms with E-state index in [4.69, 9.17) is 9.47 Å². The first kappa shape index (κ1) is 17.9. The van der Waals surface area contributed by atoms with Gasteiger partial charge in [0.05, 0.1) is 17.8 Å². The molecule has 1 aliphatic carbocycles. The van der Waals surface area contributed by atoms with Crippen molar-refractivity contribution in [3.63, 3.8) is 0 Å². The highest BCUT2D eigenvalue weighted by Gasteiger charge is 2.32. The molecule has 0 atom stereocenters. The average Bonchev–Trinajstić information content (AvgIpc) is 2.63. The Morgan fingerprint density at radius 1 is 1.10 bits per heavy atom. The van der Waals surface area contributed by atoms with E-state index >= 15 is 0 Å². The first-order chi connectivity index (χ1) is 9.39. The van der Waals surface area contributed by atoms with Crippen LogP contribution < -0.4 is 5.32 Å². The lowest BCUT2D eigenvalue weighted by Crippen LogP contribution is -2.45. The van der Waals surface area contributed by atoms with Gasteiger partial charge >= 0.3 is 0 Å². The van der Waals surface area contributed by atoms with Crippen molar-refractivity contribution in [1.82, 2.24) is 5.32 Å². The summed E-state index contributed by atoms with van der Waals surface area (Å²) >= 11 is 0. The monoisotopic (exact) mass is 285 g/mol. The Kier molecular flexibility index (Phi) is 7.49. The van der Waals surface area contributed by atoms with Gasteiger partial charge in [-0.1, -0.05) is 39.5 Å². The third-order valence-corrected chi connectivity index (χ3v) is 4.51. The second-order valence-corrected chi connectivity index (χ2v) is 7.20. The maximum absolute atomic E-state index is 6.40. The quantitative estimate of drug-likeness (QED) is 0.686. The zero-order chi connectivity index (χ0) is 15.1. The van der Waals surface area contributed by atoms with Crippen molar-refractivity contribution in [3.8, 4) is 0 Å². The molecule has 1 aliphatic rings. The maximum Gasteiger partial charge on any atom is 0.0806 e. The Hall–Kier alpha value is -0.120. The van der Waals surface area contributed by atoms with Crippen molar-refractivity contribution in [1.29, 1.82) is 0 Å². The van der Waals surface area contributed by atoms with E-state index in [1.54, 1.807) is 7.11 Å². The van der Waals surface area contributed by atoms with Gasteiger partial charge in [0.1, 0.15) is 0 Å². The van der Waals surface area contributed by atoms with E-state index in [-0.39, 0.29) is 11.2 Å². The van der Waals surface area contributed by atoms with Gasteiger partial charge in [-0.3, -0.25) is 0 Å². The fourth-order valence-electron chi connectivity index (χ4n) is 2.75. The van der Waals surface area contributed by atoms with Gasteiger partial charge < -0.3 is 14.8 Å². The lowest BCUT2D eigenvalue weighted by molar-refractivity contribution is -0.0819. The lowest BCUT2D eigenvalue weighted by atomic mass is 9.93. The van der Waals surface area contributed by atoms with Crippen molar-refractivity contribution < 1.29 is 9.47 Å². The smallest absolute Gasteiger partial charge is 0.0806 e. The van der Waals surface area contributed by atoms with E-state index < -0.39 is 0 Å². The van der Waals surface area contributed by atoms with Gasteiger partial charge in [-0.2, -0.15) is 0 Å². The second-order valence-electron chi connectivity index (χ2n) is 7.20. The molecule has 20 heavy (non-hydrogen) atoms. The third kappa shape index (κ3) is 6.55. The molecule has 0 aromatic carbocycles. The molecule has 3 heteroatoms. The first-order valence-corrected chi connectivity index (χ1v) is 8.32. The summed E-state index contributed by atoms with van der Waals surface area (Å²) in [6.45, 7) is 10.4. The highest BCUT2D eigenvalue weighted by molar-refractivity contribution is 4.86. The van der Waals surface area contributed by atoms with Gasteiger partial charge in [0.15, 0.2) is 0 Å². The molecule has 3 nitrogen and oxygen atoms in total. The van der Waals surface area contributed by atoms with Gasteiger partial charge in [-0.15, -0.1) is 0 Å². The molecule has 0 aromatic rings. The Bertz CT molecular complexity index is 256. The summed E-state index contributed by atoms with van der Waals surface area (Å²) in [6.07, 6.45) is 8.65. The zero-order valence-electron chi connectivity index (χ0n) is 14.3. The summed E-state index contributed by atoms with van der Waals surface area (Å²) in [4.78, 5) is 0. The molecule has 0 saturated heterocycles. The number of methoxy groups -OCH3 is 1. The van der Waals surface area contributed by atoms with Crippen LogP contribution >= 0.6 is 0 Å². The van der Waals surface area contributed by atoms with Gasteiger partial charge in [-0.25, -0.2) is 0 Å². The molecular weight excluding hydrogens is 250 g/mol. The van der Waals surface area contributed by atoms with Crippen molar-refractivity contribution in [2.75, 3.05) is 20.3 Å². The number of nitrogens with one attached hydrogen (secondary N) is 1. The SMILES string of the molecule is COC(C)(C)CCOC1(CNC(C)C)CCCCCC1. The molecule has 1 N–H and O–H groups in total. The number of rotatable bonds is 8. The summed E-state index contributed by atoms with van der Waals surface area (Å²) < 4.78 is 11.9. The Morgan fingerprint density at radius 2 is 1.70 bits per heavy atom. The van der Waals surface area contributed by atoms with Crippen molar-refractivity contribution in [2.45, 2.75) is 89.9 Å². The molecule has 0 radical (unpaired) electrons. The number of ether oxygens (including phenoxy) is 2. The highest BCUT2D eigenvalue weighted by atomic mass is 16.5. The van der Waals surface area contributed by atoms with E-state index in [2.05, 4.69) is 33.0 Å². The molecule has 0 bridgehead atoms. The van der Waals surface area contributed by atoms with Crippen LogP contribution in [-0.2, 0) is 9.47 Å². The van der Waals surface area contributed by atoms with Crippen LogP contribution in [0.2, 0.25) is 0 Å². The van der Waals surface area contributed by atoms with E-state index in [1.165, 1.54) is 38.5 Å². The minimum Gasteiger partial charge on any atom is -0.379 e. The normalized spacial score (nSPS) is 20.1. The standard InChI is InChI=1S/C17H35NO2/c1-15(2)18-14-17(10-8-6-7-9-11-17)20-13-12-16(3,4)19-5/h15,18H,6-14H2,1-5H3. The molecule has 0 spiro atoms. The van der Waals surface area contributed by atoms with Crippen LogP contribution in [0, 0.1) is 0 Å². The van der Waals surface area contributed by atoms with Gasteiger partial charge in [-0.05, 0) is 33.1 Å². The summed E-state index contributed by atoms with van der Waals surface area (Å²) in [6, 6.07) is 0.522. The minimum absolute atomic E-state index is 0.0462. The molecule has 0 aromatic heterocycles. The Morgan fingerprint density at radius 3 is 2.20 bits per heavy atom. The van der Waals surface area contributed by atoms with Crippen LogP contribution in [-0.4, -0.2) is 37.5 Å². The Labute approximate surface area is 125 Å². The van der Waals surface area contributed by atoms with E-state index in [0.717, 1.165) is 19.6 Å². The minimum atomic E-state index is -0.0859. The van der Waals surface area contributed by atoms with E-state index in [0.29, 0.717) is 6.04 Å². The summed E-state index contributed by atoms with van der Waals surface area (Å²) in [5, 5.41) is 3.59. The third-order valence-electron chi connectivity index (χ3n) is 4.51. The highest BCUT2D eigenvalue weighted by Crippen LogP contribution is 2.31. The topological polar surface area (TPSA) is 30.5 Å². The molecule has 1 rings (SSSR count). The molecule has 120 valence electrons. The van der Waals surface area contributed by atoms with Gasteiger partial charge in [0, 0.05) is 19.7 Å². The fourth-order valence-corrected chi connectivity index (χ4v) is 2.75. The largest absolute Gasteiger partial charge is 0.379 e. The molecule has 1 saturated carbocycles. The predicted molar refractivity (Wildman–Crippen MR) is 85.2 cm³/mol. The maximum atomic E-state index is 6.40. The van der Waals surface area contributed by atoms with Crippen LogP contribution in [0.15, 0.2) is 0 Å². The zero-order valence-corrected chi connectivity index (χ0v) is 14.3. The van der Waals surface area contributed by atoms with Crippen LogP contribution in [0.3, 0.4) is 0 Å². The molecule has 0 heterocycles. The first-order valence-electron chi connectivity index (χ1n) is 8.32. The molecule has 1 fully saturated rings. The van der Waals surface area contributed by atoms with Crippen LogP contribution in [0.5, 0.6) is 0 Å². The van der Waals surface area contributed by atoms with Gasteiger partial charge in [0.2, 0.25) is 0 Å². The van der Waals surface area contributed by atoms with Crippen molar-refractivity contribution in [3.05, 3.63) is 0 Å². The summed E-state index contributed by atoms with van der Waals surface area (Å²) in [5.74, 6) is 0. The Balaban J connectivity index is 2.53. The molecule has 0 aliphatic heterocycles. The van der Waals surface area contributed by atoms with E-state index in [1.807, 2.05) is 0 Å². The van der Waals surface area contributed by atoms with Crippen molar-refractivity contribution in [2.24, 2.45) is 0 Å². The van der Waals surface area contributed by atoms with Crippen LogP contribution in [0.25, 0.3) is 0 Å². The molecule has 0 amide bonds. The molecular formula is C17H35NO2. The second kappa shape index (κ2) is 8.35. The van der Waals surface area contributed by atoms with Gasteiger partial charge in [0.25, 0.3) is 0 Å². The van der Waals surface area contributed by atoms with Crippen molar-refractivity contribution >= 4 is 0 Å².